The molecule has 0 aliphatic heterocycles. The molecule has 1 aromatic carbocycles. The van der Waals surface area contributed by atoms with Gasteiger partial charge in [0.25, 0.3) is 0 Å². The molecule has 13 heavy (non-hydrogen) atoms. The van der Waals surface area contributed by atoms with Crippen molar-refractivity contribution in [3.05, 3.63) is 33.8 Å². The maximum atomic E-state index is 10.4. The van der Waals surface area contributed by atoms with Crippen LogP contribution in [0, 0.1) is 6.92 Å². The standard InChI is InChI=1S/C9H9BrO3/c1-5-2-3-6(4-7(5)10)8(11)9(12)13/h2-4,8,11H,1H3,(H,12,13)/t8-/m0/s1. The van der Waals surface area contributed by atoms with Crippen molar-refractivity contribution < 1.29 is 15.0 Å². The van der Waals surface area contributed by atoms with Crippen LogP contribution in [0.1, 0.15) is 17.2 Å². The summed E-state index contributed by atoms with van der Waals surface area (Å²) >= 11 is 3.26. The number of carboxylic acids is 1. The van der Waals surface area contributed by atoms with Crippen molar-refractivity contribution in [1.82, 2.24) is 0 Å². The lowest BCUT2D eigenvalue weighted by molar-refractivity contribution is -0.146. The molecule has 0 saturated heterocycles. The summed E-state index contributed by atoms with van der Waals surface area (Å²) in [5, 5.41) is 17.7. The highest BCUT2D eigenvalue weighted by atomic mass is 79.9. The minimum absolute atomic E-state index is 0.380. The van der Waals surface area contributed by atoms with Crippen molar-refractivity contribution >= 4 is 21.9 Å². The summed E-state index contributed by atoms with van der Waals surface area (Å²) in [6.07, 6.45) is -1.45. The lowest BCUT2D eigenvalue weighted by atomic mass is 10.1. The number of rotatable bonds is 2. The predicted molar refractivity (Wildman–Crippen MR) is 51.5 cm³/mol. The van der Waals surface area contributed by atoms with Crippen LogP contribution in [0.15, 0.2) is 22.7 Å². The number of hydrogen-bond acceptors (Lipinski definition) is 2. The molecular formula is C9H9BrO3. The topological polar surface area (TPSA) is 57.5 Å². The Balaban J connectivity index is 3.03. The van der Waals surface area contributed by atoms with E-state index >= 15 is 0 Å². The molecule has 1 aromatic rings. The predicted octanol–water partition coefficient (Wildman–Crippen LogP) is 1.88. The SMILES string of the molecule is Cc1ccc([C@H](O)C(=O)O)cc1Br. The molecule has 0 spiro atoms. The molecule has 0 unspecified atom stereocenters. The Hall–Kier alpha value is -0.870. The van der Waals surface area contributed by atoms with Gasteiger partial charge in [0.05, 0.1) is 0 Å². The van der Waals surface area contributed by atoms with Gasteiger partial charge < -0.3 is 10.2 Å². The number of carbonyl (C=O) groups is 1. The quantitative estimate of drug-likeness (QED) is 0.836. The summed E-state index contributed by atoms with van der Waals surface area (Å²) < 4.78 is 0.797. The van der Waals surface area contributed by atoms with Gasteiger partial charge in [0.15, 0.2) is 6.10 Å². The highest BCUT2D eigenvalue weighted by Gasteiger charge is 2.15. The van der Waals surface area contributed by atoms with Gasteiger partial charge in [-0.15, -0.1) is 0 Å². The third-order valence-corrected chi connectivity index (χ3v) is 2.60. The molecule has 3 nitrogen and oxygen atoms in total. The average molecular weight is 245 g/mol. The van der Waals surface area contributed by atoms with E-state index in [1.165, 1.54) is 0 Å². The molecule has 0 aromatic heterocycles. The number of aliphatic hydroxyl groups excluding tert-OH is 1. The first-order valence-electron chi connectivity index (χ1n) is 3.69. The maximum absolute atomic E-state index is 10.4. The largest absolute Gasteiger partial charge is 0.479 e. The molecule has 0 fully saturated rings. The number of hydrogen-bond donors (Lipinski definition) is 2. The molecule has 0 aliphatic carbocycles. The van der Waals surface area contributed by atoms with Gasteiger partial charge in [0.2, 0.25) is 0 Å². The van der Waals surface area contributed by atoms with Crippen LogP contribution in [0.4, 0.5) is 0 Å². The molecular weight excluding hydrogens is 236 g/mol. The molecule has 1 rings (SSSR count). The molecule has 0 radical (unpaired) electrons. The number of aryl methyl sites for hydroxylation is 1. The minimum Gasteiger partial charge on any atom is -0.479 e. The fraction of sp³-hybridized carbons (Fsp3) is 0.222. The second kappa shape index (κ2) is 3.89. The van der Waals surface area contributed by atoms with Crippen molar-refractivity contribution in [2.45, 2.75) is 13.0 Å². The Kier molecular flexibility index (Phi) is 3.06. The van der Waals surface area contributed by atoms with E-state index in [0.29, 0.717) is 5.56 Å². The number of halogens is 1. The fourth-order valence-corrected chi connectivity index (χ4v) is 1.32. The van der Waals surface area contributed by atoms with Gasteiger partial charge in [-0.2, -0.15) is 0 Å². The van der Waals surface area contributed by atoms with Gasteiger partial charge in [-0.05, 0) is 24.1 Å². The zero-order valence-electron chi connectivity index (χ0n) is 6.99. The van der Waals surface area contributed by atoms with E-state index in [4.69, 9.17) is 5.11 Å². The van der Waals surface area contributed by atoms with Crippen LogP contribution in [-0.2, 0) is 4.79 Å². The van der Waals surface area contributed by atoms with E-state index in [1.807, 2.05) is 6.92 Å². The first kappa shape index (κ1) is 10.2. The van der Waals surface area contributed by atoms with Crippen LogP contribution in [-0.4, -0.2) is 16.2 Å². The van der Waals surface area contributed by atoms with Crippen molar-refractivity contribution in [2.24, 2.45) is 0 Å². The normalized spacial score (nSPS) is 12.5. The highest BCUT2D eigenvalue weighted by molar-refractivity contribution is 9.10. The number of benzene rings is 1. The molecule has 1 atom stereocenters. The molecule has 0 heterocycles. The molecule has 0 saturated carbocycles. The Bertz CT molecular complexity index is 336. The lowest BCUT2D eigenvalue weighted by Gasteiger charge is -2.07. The van der Waals surface area contributed by atoms with Crippen LogP contribution in [0.3, 0.4) is 0 Å². The summed E-state index contributed by atoms with van der Waals surface area (Å²) in [6, 6.07) is 4.96. The van der Waals surface area contributed by atoms with E-state index in [9.17, 15) is 9.90 Å². The second-order valence-corrected chi connectivity index (χ2v) is 3.60. The van der Waals surface area contributed by atoms with E-state index in [1.54, 1.807) is 18.2 Å². The Morgan fingerprint density at radius 1 is 1.54 bits per heavy atom. The van der Waals surface area contributed by atoms with Crippen LogP contribution >= 0.6 is 15.9 Å². The highest BCUT2D eigenvalue weighted by Crippen LogP contribution is 2.21. The van der Waals surface area contributed by atoms with E-state index in [2.05, 4.69) is 15.9 Å². The van der Waals surface area contributed by atoms with E-state index < -0.39 is 12.1 Å². The smallest absolute Gasteiger partial charge is 0.337 e. The first-order valence-corrected chi connectivity index (χ1v) is 4.48. The summed E-state index contributed by atoms with van der Waals surface area (Å²) in [4.78, 5) is 10.4. The van der Waals surface area contributed by atoms with Crippen molar-refractivity contribution in [3.8, 4) is 0 Å². The number of aliphatic hydroxyl groups is 1. The summed E-state index contributed by atoms with van der Waals surface area (Å²) in [5.41, 5.74) is 1.38. The maximum Gasteiger partial charge on any atom is 0.337 e. The average Bonchev–Trinajstić information content (AvgIpc) is 2.08. The zero-order chi connectivity index (χ0) is 10.0. The van der Waals surface area contributed by atoms with Gasteiger partial charge >= 0.3 is 5.97 Å². The monoisotopic (exact) mass is 244 g/mol. The molecule has 0 aliphatic rings. The van der Waals surface area contributed by atoms with Gasteiger partial charge in [0.1, 0.15) is 0 Å². The molecule has 70 valence electrons. The Labute approximate surface area is 84.1 Å². The fourth-order valence-electron chi connectivity index (χ4n) is 0.922. The van der Waals surface area contributed by atoms with Crippen molar-refractivity contribution in [1.29, 1.82) is 0 Å². The first-order chi connectivity index (χ1) is 6.02. The van der Waals surface area contributed by atoms with Crippen molar-refractivity contribution in [2.75, 3.05) is 0 Å². The summed E-state index contributed by atoms with van der Waals surface area (Å²) in [7, 11) is 0. The lowest BCUT2D eigenvalue weighted by Crippen LogP contribution is -2.10. The third-order valence-electron chi connectivity index (χ3n) is 1.75. The van der Waals surface area contributed by atoms with Crippen LogP contribution in [0.5, 0.6) is 0 Å². The van der Waals surface area contributed by atoms with Crippen LogP contribution in [0.25, 0.3) is 0 Å². The minimum atomic E-state index is -1.45. The van der Waals surface area contributed by atoms with Crippen molar-refractivity contribution in [3.63, 3.8) is 0 Å². The third kappa shape index (κ3) is 2.29. The molecule has 4 heteroatoms. The summed E-state index contributed by atoms with van der Waals surface area (Å²) in [5.74, 6) is -1.24. The molecule has 0 bridgehead atoms. The van der Waals surface area contributed by atoms with Gasteiger partial charge in [-0.1, -0.05) is 28.1 Å². The second-order valence-electron chi connectivity index (χ2n) is 2.75. The number of aliphatic carboxylic acids is 1. The summed E-state index contributed by atoms with van der Waals surface area (Å²) in [6.45, 7) is 1.89. The zero-order valence-corrected chi connectivity index (χ0v) is 8.58. The van der Waals surface area contributed by atoms with E-state index in [-0.39, 0.29) is 0 Å². The van der Waals surface area contributed by atoms with Gasteiger partial charge in [0, 0.05) is 4.47 Å². The van der Waals surface area contributed by atoms with Gasteiger partial charge in [-0.3, -0.25) is 0 Å². The number of carboxylic acid groups (broad SMARTS) is 1. The Morgan fingerprint density at radius 2 is 2.15 bits per heavy atom. The van der Waals surface area contributed by atoms with Gasteiger partial charge in [-0.25, -0.2) is 4.79 Å². The Morgan fingerprint density at radius 3 is 2.62 bits per heavy atom. The van der Waals surface area contributed by atoms with E-state index in [0.717, 1.165) is 10.0 Å². The van der Waals surface area contributed by atoms with Crippen LogP contribution < -0.4 is 0 Å². The van der Waals surface area contributed by atoms with Crippen LogP contribution in [0.2, 0.25) is 0 Å². The molecule has 2 N–H and O–H groups in total. The molecule has 0 amide bonds.